The molecule has 0 saturated carbocycles. The Kier molecular flexibility index (Phi) is 6.08. The maximum atomic E-state index is 12.1. The van der Waals surface area contributed by atoms with Gasteiger partial charge in [-0.2, -0.15) is 5.26 Å². The molecule has 27 heavy (non-hydrogen) atoms. The highest BCUT2D eigenvalue weighted by atomic mass is 35.5. The molecular formula is C20H16ClN3O3. The summed E-state index contributed by atoms with van der Waals surface area (Å²) in [6.07, 6.45) is 2.21. The minimum Gasteiger partial charge on any atom is -0.479 e. The number of rotatable bonds is 7. The molecule has 1 N–H and O–H groups in total. The van der Waals surface area contributed by atoms with Gasteiger partial charge in [-0.15, -0.1) is 0 Å². The van der Waals surface area contributed by atoms with Crippen LogP contribution in [-0.4, -0.2) is 17.5 Å². The zero-order chi connectivity index (χ0) is 19.1. The first kappa shape index (κ1) is 18.5. The van der Waals surface area contributed by atoms with E-state index in [0.29, 0.717) is 34.5 Å². The first-order valence-electron chi connectivity index (χ1n) is 8.25. The van der Waals surface area contributed by atoms with Crippen LogP contribution in [0.15, 0.2) is 59.1 Å². The number of ether oxygens (including phenoxy) is 1. The van der Waals surface area contributed by atoms with Crippen molar-refractivity contribution in [2.24, 2.45) is 0 Å². The van der Waals surface area contributed by atoms with Crippen LogP contribution in [0.3, 0.4) is 0 Å². The molecule has 0 aliphatic heterocycles. The molecule has 0 aliphatic carbocycles. The number of carbonyl (C=O) groups is 1. The number of benzene rings is 2. The zero-order valence-corrected chi connectivity index (χ0v) is 15.1. The Hall–Kier alpha value is -3.30. The van der Waals surface area contributed by atoms with E-state index in [1.54, 1.807) is 36.5 Å². The van der Waals surface area contributed by atoms with E-state index in [1.807, 2.05) is 24.3 Å². The van der Waals surface area contributed by atoms with E-state index in [0.717, 1.165) is 5.56 Å². The molecule has 136 valence electrons. The predicted octanol–water partition coefficient (Wildman–Crippen LogP) is 4.47. The highest BCUT2D eigenvalue weighted by Crippen LogP contribution is 2.28. The number of aromatic nitrogens is 1. The second kappa shape index (κ2) is 8.88. The molecule has 0 atom stereocenters. The van der Waals surface area contributed by atoms with E-state index in [9.17, 15) is 4.79 Å². The molecule has 1 heterocycles. The Morgan fingerprint density at radius 1 is 1.22 bits per heavy atom. The molecule has 3 rings (SSSR count). The number of aryl methyl sites for hydroxylation is 1. The molecule has 0 bridgehead atoms. The summed E-state index contributed by atoms with van der Waals surface area (Å²) >= 11 is 6.15. The highest BCUT2D eigenvalue weighted by molar-refractivity contribution is 6.33. The molecule has 2 aromatic carbocycles. The molecule has 0 spiro atoms. The van der Waals surface area contributed by atoms with Gasteiger partial charge < -0.3 is 14.5 Å². The Bertz CT molecular complexity index is 961. The van der Waals surface area contributed by atoms with Crippen molar-refractivity contribution in [3.8, 4) is 23.1 Å². The Morgan fingerprint density at radius 3 is 2.74 bits per heavy atom. The predicted molar refractivity (Wildman–Crippen MR) is 101 cm³/mol. The lowest BCUT2D eigenvalue weighted by Gasteiger charge is -2.06. The SMILES string of the molecule is N#CCOc1ccc(NC(=O)CCc2ncc(-c3ccccc3Cl)o2)cc1. The monoisotopic (exact) mass is 381 g/mol. The van der Waals surface area contributed by atoms with E-state index in [-0.39, 0.29) is 18.9 Å². The summed E-state index contributed by atoms with van der Waals surface area (Å²) in [5.74, 6) is 1.46. The van der Waals surface area contributed by atoms with Crippen molar-refractivity contribution in [2.45, 2.75) is 12.8 Å². The number of hydrogen-bond acceptors (Lipinski definition) is 5. The number of amides is 1. The lowest BCUT2D eigenvalue weighted by Crippen LogP contribution is -2.12. The molecule has 6 nitrogen and oxygen atoms in total. The number of halogens is 1. The number of carbonyl (C=O) groups excluding carboxylic acids is 1. The summed E-state index contributed by atoms with van der Waals surface area (Å²) in [5.41, 5.74) is 1.41. The maximum Gasteiger partial charge on any atom is 0.224 e. The molecular weight excluding hydrogens is 366 g/mol. The normalized spacial score (nSPS) is 10.2. The van der Waals surface area contributed by atoms with Crippen LogP contribution in [0.2, 0.25) is 5.02 Å². The van der Waals surface area contributed by atoms with Crippen molar-refractivity contribution in [2.75, 3.05) is 11.9 Å². The third-order valence-electron chi connectivity index (χ3n) is 3.70. The van der Waals surface area contributed by atoms with Crippen molar-refractivity contribution in [3.05, 3.63) is 65.6 Å². The lowest BCUT2D eigenvalue weighted by atomic mass is 10.2. The van der Waals surface area contributed by atoms with Crippen LogP contribution < -0.4 is 10.1 Å². The standard InChI is InChI=1S/C20H16ClN3O3/c21-17-4-2-1-3-16(17)18-13-23-20(27-18)10-9-19(25)24-14-5-7-15(8-6-14)26-12-11-22/h1-8,13H,9-10,12H2,(H,24,25). The number of nitrogens with zero attached hydrogens (tertiary/aromatic N) is 2. The molecule has 0 unspecified atom stereocenters. The Balaban J connectivity index is 1.52. The van der Waals surface area contributed by atoms with E-state index < -0.39 is 0 Å². The average Bonchev–Trinajstić information content (AvgIpc) is 3.15. The van der Waals surface area contributed by atoms with Crippen molar-refractivity contribution >= 4 is 23.2 Å². The lowest BCUT2D eigenvalue weighted by molar-refractivity contribution is -0.116. The third-order valence-corrected chi connectivity index (χ3v) is 4.03. The average molecular weight is 382 g/mol. The number of anilines is 1. The van der Waals surface area contributed by atoms with Crippen LogP contribution in [-0.2, 0) is 11.2 Å². The van der Waals surface area contributed by atoms with Gasteiger partial charge in [0.25, 0.3) is 0 Å². The van der Waals surface area contributed by atoms with Gasteiger partial charge in [0.05, 0.1) is 11.2 Å². The number of hydrogen-bond donors (Lipinski definition) is 1. The van der Waals surface area contributed by atoms with Crippen molar-refractivity contribution in [3.63, 3.8) is 0 Å². The summed E-state index contributed by atoms with van der Waals surface area (Å²) in [7, 11) is 0. The number of oxazole rings is 1. The second-order valence-corrected chi connectivity index (χ2v) is 6.02. The Labute approximate surface area is 161 Å². The molecule has 7 heteroatoms. The molecule has 1 aromatic heterocycles. The first-order valence-corrected chi connectivity index (χ1v) is 8.63. The van der Waals surface area contributed by atoms with Gasteiger partial charge in [-0.25, -0.2) is 4.98 Å². The minimum atomic E-state index is -0.154. The molecule has 0 saturated heterocycles. The molecule has 3 aromatic rings. The molecule has 0 aliphatic rings. The number of nitriles is 1. The first-order chi connectivity index (χ1) is 13.2. The van der Waals surface area contributed by atoms with Crippen molar-refractivity contribution < 1.29 is 13.9 Å². The van der Waals surface area contributed by atoms with Gasteiger partial charge in [-0.05, 0) is 36.4 Å². The van der Waals surface area contributed by atoms with Gasteiger partial charge in [-0.1, -0.05) is 23.7 Å². The van der Waals surface area contributed by atoms with Crippen LogP contribution in [0.1, 0.15) is 12.3 Å². The van der Waals surface area contributed by atoms with Gasteiger partial charge >= 0.3 is 0 Å². The zero-order valence-electron chi connectivity index (χ0n) is 14.3. The van der Waals surface area contributed by atoms with Gasteiger partial charge in [0.1, 0.15) is 11.8 Å². The van der Waals surface area contributed by atoms with E-state index in [1.165, 1.54) is 0 Å². The van der Waals surface area contributed by atoms with Crippen molar-refractivity contribution in [1.82, 2.24) is 4.98 Å². The summed E-state index contributed by atoms with van der Waals surface area (Å²) < 4.78 is 10.8. The van der Waals surface area contributed by atoms with Crippen LogP contribution in [0.5, 0.6) is 5.75 Å². The molecule has 0 radical (unpaired) electrons. The van der Waals surface area contributed by atoms with Crippen LogP contribution in [0.25, 0.3) is 11.3 Å². The summed E-state index contributed by atoms with van der Waals surface area (Å²) in [6, 6.07) is 16.0. The van der Waals surface area contributed by atoms with Gasteiger partial charge in [-0.3, -0.25) is 4.79 Å². The van der Waals surface area contributed by atoms with Gasteiger partial charge in [0.2, 0.25) is 5.91 Å². The van der Waals surface area contributed by atoms with E-state index >= 15 is 0 Å². The second-order valence-electron chi connectivity index (χ2n) is 5.62. The van der Waals surface area contributed by atoms with Crippen molar-refractivity contribution in [1.29, 1.82) is 5.26 Å². The smallest absolute Gasteiger partial charge is 0.224 e. The fraction of sp³-hybridized carbons (Fsp3) is 0.150. The quantitative estimate of drug-likeness (QED) is 0.652. The maximum absolute atomic E-state index is 12.1. The third kappa shape index (κ3) is 5.09. The van der Waals surface area contributed by atoms with Gasteiger partial charge in [0.15, 0.2) is 18.3 Å². The Morgan fingerprint density at radius 2 is 2.00 bits per heavy atom. The highest BCUT2D eigenvalue weighted by Gasteiger charge is 2.11. The largest absolute Gasteiger partial charge is 0.479 e. The van der Waals surface area contributed by atoms with E-state index in [2.05, 4.69) is 10.3 Å². The molecule has 1 amide bonds. The summed E-state index contributed by atoms with van der Waals surface area (Å²) in [6.45, 7) is -0.0158. The van der Waals surface area contributed by atoms with Crippen LogP contribution in [0.4, 0.5) is 5.69 Å². The van der Waals surface area contributed by atoms with Crippen LogP contribution in [0, 0.1) is 11.3 Å². The van der Waals surface area contributed by atoms with Gasteiger partial charge in [0, 0.05) is 24.1 Å². The summed E-state index contributed by atoms with van der Waals surface area (Å²) in [5, 5.41) is 11.9. The fourth-order valence-corrected chi connectivity index (χ4v) is 2.63. The summed E-state index contributed by atoms with van der Waals surface area (Å²) in [4.78, 5) is 16.3. The fourth-order valence-electron chi connectivity index (χ4n) is 2.41. The minimum absolute atomic E-state index is 0.0158. The van der Waals surface area contributed by atoms with E-state index in [4.69, 9.17) is 26.0 Å². The topological polar surface area (TPSA) is 88.1 Å². The molecule has 0 fully saturated rings. The number of nitrogens with one attached hydrogen (secondary N) is 1. The van der Waals surface area contributed by atoms with Crippen LogP contribution >= 0.6 is 11.6 Å².